The third kappa shape index (κ3) is 5.04. The Morgan fingerprint density at radius 2 is 1.96 bits per heavy atom. The number of aliphatic hydroxyl groups excluding tert-OH is 1. The lowest BCUT2D eigenvalue weighted by Crippen LogP contribution is -2.40. The van der Waals surface area contributed by atoms with Gasteiger partial charge < -0.3 is 15.7 Å². The fraction of sp³-hybridized carbons (Fsp3) is 0.412. The summed E-state index contributed by atoms with van der Waals surface area (Å²) in [6, 6.07) is 7.21. The summed E-state index contributed by atoms with van der Waals surface area (Å²) in [7, 11) is 0. The van der Waals surface area contributed by atoms with Crippen LogP contribution in [-0.2, 0) is 0 Å². The van der Waals surface area contributed by atoms with E-state index < -0.39 is 6.10 Å². The average molecular weight is 333 g/mol. The third-order valence-electron chi connectivity index (χ3n) is 3.46. The van der Waals surface area contributed by atoms with E-state index in [0.717, 1.165) is 16.3 Å². The van der Waals surface area contributed by atoms with Gasteiger partial charge in [0.15, 0.2) is 0 Å². The van der Waals surface area contributed by atoms with Crippen molar-refractivity contribution in [3.05, 3.63) is 35.3 Å². The van der Waals surface area contributed by atoms with Crippen LogP contribution in [-0.4, -0.2) is 28.8 Å². The van der Waals surface area contributed by atoms with Gasteiger partial charge in [-0.3, -0.25) is 0 Å². The highest BCUT2D eigenvalue weighted by Crippen LogP contribution is 2.24. The Morgan fingerprint density at radius 1 is 1.30 bits per heavy atom. The molecule has 124 valence electrons. The van der Waals surface area contributed by atoms with E-state index in [0.29, 0.717) is 5.69 Å². The lowest BCUT2D eigenvalue weighted by molar-refractivity contribution is 0.0654. The third-order valence-corrected chi connectivity index (χ3v) is 4.47. The van der Waals surface area contributed by atoms with Gasteiger partial charge in [-0.05, 0) is 36.6 Å². The molecular formula is C17H23N3O2S. The maximum atomic E-state index is 11.9. The van der Waals surface area contributed by atoms with Crippen LogP contribution in [0.4, 0.5) is 10.5 Å². The number of nitrogens with zero attached hydrogens (tertiary/aromatic N) is 1. The second-order valence-electron chi connectivity index (χ2n) is 6.59. The van der Waals surface area contributed by atoms with Gasteiger partial charge in [-0.25, -0.2) is 9.78 Å². The first kappa shape index (κ1) is 17.4. The first-order chi connectivity index (χ1) is 10.8. The van der Waals surface area contributed by atoms with Crippen LogP contribution >= 0.6 is 11.3 Å². The second kappa shape index (κ2) is 7.10. The van der Waals surface area contributed by atoms with E-state index in [-0.39, 0.29) is 18.0 Å². The Morgan fingerprint density at radius 3 is 2.48 bits per heavy atom. The van der Waals surface area contributed by atoms with Crippen molar-refractivity contribution < 1.29 is 9.90 Å². The van der Waals surface area contributed by atoms with Gasteiger partial charge in [0, 0.05) is 28.9 Å². The second-order valence-corrected chi connectivity index (χ2v) is 7.45. The van der Waals surface area contributed by atoms with Crippen LogP contribution in [0.3, 0.4) is 0 Å². The number of urea groups is 1. The summed E-state index contributed by atoms with van der Waals surface area (Å²) in [6.07, 6.45) is -0.594. The summed E-state index contributed by atoms with van der Waals surface area (Å²) in [5.41, 5.74) is 2.46. The Bertz CT molecular complexity index is 659. The number of hydrogen-bond acceptors (Lipinski definition) is 4. The van der Waals surface area contributed by atoms with Gasteiger partial charge in [0.05, 0.1) is 6.10 Å². The summed E-state index contributed by atoms with van der Waals surface area (Å²) in [6.45, 7) is 7.96. The van der Waals surface area contributed by atoms with Gasteiger partial charge in [0.25, 0.3) is 0 Å². The Balaban J connectivity index is 1.89. The molecule has 1 unspecified atom stereocenters. The highest BCUT2D eigenvalue weighted by atomic mass is 32.1. The molecule has 2 amide bonds. The number of carbonyl (C=O) groups is 1. The molecule has 1 aromatic heterocycles. The smallest absolute Gasteiger partial charge is 0.319 e. The minimum atomic E-state index is -0.594. The Hall–Kier alpha value is -1.92. The number of benzene rings is 1. The number of amides is 2. The number of thiazole rings is 1. The van der Waals surface area contributed by atoms with E-state index in [9.17, 15) is 9.90 Å². The van der Waals surface area contributed by atoms with Crippen molar-refractivity contribution in [2.45, 2.75) is 33.8 Å². The van der Waals surface area contributed by atoms with Crippen molar-refractivity contribution in [1.29, 1.82) is 0 Å². The fourth-order valence-corrected chi connectivity index (χ4v) is 2.66. The molecule has 6 heteroatoms. The summed E-state index contributed by atoms with van der Waals surface area (Å²) in [5.74, 6) is 0. The van der Waals surface area contributed by atoms with Crippen molar-refractivity contribution in [3.8, 4) is 10.6 Å². The molecule has 0 saturated heterocycles. The molecule has 0 aliphatic carbocycles. The number of aromatic nitrogens is 1. The monoisotopic (exact) mass is 333 g/mol. The fourth-order valence-electron chi connectivity index (χ4n) is 1.85. The van der Waals surface area contributed by atoms with Crippen LogP contribution in [0.5, 0.6) is 0 Å². The highest BCUT2D eigenvalue weighted by molar-refractivity contribution is 7.13. The number of anilines is 1. The maximum Gasteiger partial charge on any atom is 0.319 e. The number of rotatable bonds is 4. The average Bonchev–Trinajstić information content (AvgIpc) is 2.91. The summed E-state index contributed by atoms with van der Waals surface area (Å²) >= 11 is 1.60. The molecule has 1 atom stereocenters. The standard InChI is InChI=1S/C17H23N3O2S/c1-11-10-23-15(19-11)12-5-7-13(8-6-12)20-16(22)18-9-14(21)17(2,3)4/h5-8,10,14,21H,9H2,1-4H3,(H2,18,20,22). The first-order valence-electron chi connectivity index (χ1n) is 7.51. The zero-order valence-corrected chi connectivity index (χ0v) is 14.7. The number of hydrogen-bond donors (Lipinski definition) is 3. The number of nitrogens with one attached hydrogen (secondary N) is 2. The Labute approximate surface area is 140 Å². The SMILES string of the molecule is Cc1csc(-c2ccc(NC(=O)NCC(O)C(C)(C)C)cc2)n1. The predicted octanol–water partition coefficient (Wildman–Crippen LogP) is 3.65. The molecule has 0 radical (unpaired) electrons. The number of carbonyl (C=O) groups excluding carboxylic acids is 1. The molecule has 0 fully saturated rings. The van der Waals surface area contributed by atoms with E-state index in [1.54, 1.807) is 11.3 Å². The molecule has 0 saturated carbocycles. The zero-order valence-electron chi connectivity index (χ0n) is 13.9. The van der Waals surface area contributed by atoms with Gasteiger partial charge in [-0.1, -0.05) is 20.8 Å². The normalized spacial score (nSPS) is 12.7. The molecule has 0 aliphatic rings. The summed E-state index contributed by atoms with van der Waals surface area (Å²) in [4.78, 5) is 16.3. The van der Waals surface area contributed by atoms with Crippen LogP contribution in [0.2, 0.25) is 0 Å². The van der Waals surface area contributed by atoms with E-state index in [2.05, 4.69) is 15.6 Å². The topological polar surface area (TPSA) is 74.2 Å². The quantitative estimate of drug-likeness (QED) is 0.799. The van der Waals surface area contributed by atoms with E-state index in [1.807, 2.05) is 57.3 Å². The van der Waals surface area contributed by atoms with Gasteiger partial charge in [-0.15, -0.1) is 11.3 Å². The number of aryl methyl sites for hydroxylation is 1. The minimum Gasteiger partial charge on any atom is -0.391 e. The minimum absolute atomic E-state index is 0.214. The van der Waals surface area contributed by atoms with Gasteiger partial charge >= 0.3 is 6.03 Å². The van der Waals surface area contributed by atoms with Gasteiger partial charge in [-0.2, -0.15) is 0 Å². The molecule has 2 aromatic rings. The summed E-state index contributed by atoms with van der Waals surface area (Å²) < 4.78 is 0. The van der Waals surface area contributed by atoms with E-state index in [1.165, 1.54) is 0 Å². The largest absolute Gasteiger partial charge is 0.391 e. The molecule has 0 spiro atoms. The molecule has 0 bridgehead atoms. The summed E-state index contributed by atoms with van der Waals surface area (Å²) in [5, 5.41) is 18.3. The number of aliphatic hydroxyl groups is 1. The molecule has 1 heterocycles. The van der Waals surface area contributed by atoms with E-state index in [4.69, 9.17) is 0 Å². The van der Waals surface area contributed by atoms with Gasteiger partial charge in [0.1, 0.15) is 5.01 Å². The van der Waals surface area contributed by atoms with Gasteiger partial charge in [0.2, 0.25) is 0 Å². The predicted molar refractivity (Wildman–Crippen MR) is 94.8 cm³/mol. The lowest BCUT2D eigenvalue weighted by Gasteiger charge is -2.25. The zero-order chi connectivity index (χ0) is 17.0. The van der Waals surface area contributed by atoms with Crippen LogP contribution < -0.4 is 10.6 Å². The maximum absolute atomic E-state index is 11.9. The van der Waals surface area contributed by atoms with Crippen molar-refractivity contribution in [2.24, 2.45) is 5.41 Å². The van der Waals surface area contributed by atoms with Crippen LogP contribution in [0, 0.1) is 12.3 Å². The molecule has 3 N–H and O–H groups in total. The van der Waals surface area contributed by atoms with Crippen molar-refractivity contribution in [2.75, 3.05) is 11.9 Å². The molecule has 0 aliphatic heterocycles. The van der Waals surface area contributed by atoms with E-state index >= 15 is 0 Å². The molecular weight excluding hydrogens is 310 g/mol. The Kier molecular flexibility index (Phi) is 5.38. The first-order valence-corrected chi connectivity index (χ1v) is 8.39. The molecule has 23 heavy (non-hydrogen) atoms. The van der Waals surface area contributed by atoms with Crippen LogP contribution in [0.25, 0.3) is 10.6 Å². The van der Waals surface area contributed by atoms with Crippen LogP contribution in [0.1, 0.15) is 26.5 Å². The molecule has 1 aromatic carbocycles. The molecule has 2 rings (SSSR count). The van der Waals surface area contributed by atoms with Crippen molar-refractivity contribution in [3.63, 3.8) is 0 Å². The lowest BCUT2D eigenvalue weighted by atomic mass is 9.89. The van der Waals surface area contributed by atoms with Crippen LogP contribution in [0.15, 0.2) is 29.6 Å². The van der Waals surface area contributed by atoms with Crippen molar-refractivity contribution in [1.82, 2.24) is 10.3 Å². The molecule has 5 nitrogen and oxygen atoms in total. The van der Waals surface area contributed by atoms with Crippen molar-refractivity contribution >= 4 is 23.1 Å². The highest BCUT2D eigenvalue weighted by Gasteiger charge is 2.22.